The zero-order valence-electron chi connectivity index (χ0n) is 16.5. The number of carbonyl (C=O) groups is 1. The highest BCUT2D eigenvalue weighted by molar-refractivity contribution is 5.94. The summed E-state index contributed by atoms with van der Waals surface area (Å²) in [6.45, 7) is 6.27. The van der Waals surface area contributed by atoms with E-state index in [-0.39, 0.29) is 17.6 Å². The molecule has 0 bridgehead atoms. The van der Waals surface area contributed by atoms with Crippen molar-refractivity contribution >= 4 is 23.4 Å². The summed E-state index contributed by atoms with van der Waals surface area (Å²) >= 11 is 0. The summed E-state index contributed by atoms with van der Waals surface area (Å²) in [5, 5.41) is 13.6. The van der Waals surface area contributed by atoms with Crippen LogP contribution in [-0.4, -0.2) is 59.4 Å². The zero-order chi connectivity index (χ0) is 20.6. The van der Waals surface area contributed by atoms with Crippen LogP contribution in [0.5, 0.6) is 0 Å². The summed E-state index contributed by atoms with van der Waals surface area (Å²) in [7, 11) is 0. The third-order valence-corrected chi connectivity index (χ3v) is 5.15. The molecule has 1 aliphatic rings. The Hall–Kier alpha value is -3.03. The summed E-state index contributed by atoms with van der Waals surface area (Å²) in [6, 6.07) is 15.9. The Kier molecular flexibility index (Phi) is 7.10. The minimum Gasteiger partial charge on any atom is -0.325 e. The van der Waals surface area contributed by atoms with Gasteiger partial charge in [0.25, 0.3) is 5.69 Å². The molecule has 2 aromatic rings. The average molecular weight is 394 g/mol. The molecule has 0 saturated carbocycles. The van der Waals surface area contributed by atoms with Gasteiger partial charge in [0, 0.05) is 50.5 Å². The Labute approximate surface area is 170 Å². The summed E-state index contributed by atoms with van der Waals surface area (Å²) in [4.78, 5) is 27.3. The summed E-state index contributed by atoms with van der Waals surface area (Å²) < 4.78 is 0. The number of hydrogen-bond donors (Lipinski definition) is 1. The van der Waals surface area contributed by atoms with Gasteiger partial charge in [-0.15, -0.1) is 0 Å². The second kappa shape index (κ2) is 9.95. The number of rotatable bonds is 7. The number of nitrogens with one attached hydrogen (secondary N) is 1. The average Bonchev–Trinajstić information content (AvgIpc) is 2.75. The van der Waals surface area contributed by atoms with Crippen molar-refractivity contribution < 1.29 is 9.72 Å². The number of nitro groups is 1. The first-order chi connectivity index (χ1) is 14.0. The number of nitro benzene ring substituents is 1. The van der Waals surface area contributed by atoms with Gasteiger partial charge in [0.05, 0.1) is 11.0 Å². The van der Waals surface area contributed by atoms with Gasteiger partial charge in [0.1, 0.15) is 0 Å². The largest absolute Gasteiger partial charge is 0.325 e. The van der Waals surface area contributed by atoms with E-state index in [0.717, 1.165) is 32.7 Å². The van der Waals surface area contributed by atoms with Crippen molar-refractivity contribution in [1.82, 2.24) is 9.80 Å². The van der Waals surface area contributed by atoms with Crippen molar-refractivity contribution in [2.75, 3.05) is 38.0 Å². The van der Waals surface area contributed by atoms with Crippen LogP contribution in [0.2, 0.25) is 0 Å². The van der Waals surface area contributed by atoms with Crippen LogP contribution in [0, 0.1) is 10.1 Å². The standard InChI is InChI=1S/C22H26N4O3/c1-18(22(27)23-20-9-11-21(12-10-20)26(28)29)25-16-14-24(15-17-25)13-5-8-19-6-3-2-4-7-19/h2-12,18H,13-17H2,1H3,(H,23,27)/b8-5+/t18-/m0/s1. The van der Waals surface area contributed by atoms with Gasteiger partial charge >= 0.3 is 0 Å². The third kappa shape index (κ3) is 5.97. The van der Waals surface area contributed by atoms with E-state index in [9.17, 15) is 14.9 Å². The second-order valence-corrected chi connectivity index (χ2v) is 7.12. The minimum atomic E-state index is -0.456. The summed E-state index contributed by atoms with van der Waals surface area (Å²) in [6.07, 6.45) is 4.31. The van der Waals surface area contributed by atoms with Crippen LogP contribution in [-0.2, 0) is 4.79 Å². The van der Waals surface area contributed by atoms with Gasteiger partial charge in [0.2, 0.25) is 5.91 Å². The lowest BCUT2D eigenvalue weighted by atomic mass is 10.2. The van der Waals surface area contributed by atoms with Crippen molar-refractivity contribution in [3.05, 3.63) is 76.4 Å². The molecule has 0 spiro atoms. The fraction of sp³-hybridized carbons (Fsp3) is 0.318. The Bertz CT molecular complexity index is 844. The summed E-state index contributed by atoms with van der Waals surface area (Å²) in [5.41, 5.74) is 1.77. The molecule has 2 aromatic carbocycles. The smallest absolute Gasteiger partial charge is 0.269 e. The first-order valence-electron chi connectivity index (χ1n) is 9.76. The fourth-order valence-electron chi connectivity index (χ4n) is 3.31. The third-order valence-electron chi connectivity index (χ3n) is 5.15. The lowest BCUT2D eigenvalue weighted by Gasteiger charge is -2.37. The zero-order valence-corrected chi connectivity index (χ0v) is 16.5. The number of anilines is 1. The number of piperazine rings is 1. The molecule has 1 saturated heterocycles. The number of hydrogen-bond acceptors (Lipinski definition) is 5. The molecule has 1 N–H and O–H groups in total. The molecule has 1 amide bonds. The maximum atomic E-state index is 12.5. The van der Waals surface area contributed by atoms with E-state index in [1.807, 2.05) is 25.1 Å². The molecule has 1 aliphatic heterocycles. The quantitative estimate of drug-likeness (QED) is 0.576. The molecular formula is C22H26N4O3. The van der Waals surface area contributed by atoms with Gasteiger partial charge < -0.3 is 5.32 Å². The fourth-order valence-corrected chi connectivity index (χ4v) is 3.31. The van der Waals surface area contributed by atoms with E-state index in [4.69, 9.17) is 0 Å². The molecule has 7 nitrogen and oxygen atoms in total. The first-order valence-corrected chi connectivity index (χ1v) is 9.76. The monoisotopic (exact) mass is 394 g/mol. The van der Waals surface area contributed by atoms with Crippen molar-refractivity contribution in [1.29, 1.82) is 0 Å². The molecule has 0 aliphatic carbocycles. The highest BCUT2D eigenvalue weighted by atomic mass is 16.6. The van der Waals surface area contributed by atoms with Crippen molar-refractivity contribution in [3.8, 4) is 0 Å². The van der Waals surface area contributed by atoms with E-state index in [0.29, 0.717) is 5.69 Å². The lowest BCUT2D eigenvalue weighted by Crippen LogP contribution is -2.52. The van der Waals surface area contributed by atoms with E-state index in [2.05, 4.69) is 39.4 Å². The van der Waals surface area contributed by atoms with Gasteiger partial charge in [-0.05, 0) is 24.6 Å². The maximum Gasteiger partial charge on any atom is 0.269 e. The molecule has 29 heavy (non-hydrogen) atoms. The molecule has 7 heteroatoms. The van der Waals surface area contributed by atoms with E-state index in [1.165, 1.54) is 17.7 Å². The van der Waals surface area contributed by atoms with Crippen molar-refractivity contribution in [3.63, 3.8) is 0 Å². The number of carbonyl (C=O) groups excluding carboxylic acids is 1. The van der Waals surface area contributed by atoms with Crippen molar-refractivity contribution in [2.45, 2.75) is 13.0 Å². The normalized spacial score (nSPS) is 16.6. The van der Waals surface area contributed by atoms with Gasteiger partial charge in [-0.25, -0.2) is 0 Å². The summed E-state index contributed by atoms with van der Waals surface area (Å²) in [5.74, 6) is -0.101. The Morgan fingerprint density at radius 1 is 1.10 bits per heavy atom. The predicted octanol–water partition coefficient (Wildman–Crippen LogP) is 3.25. The molecule has 0 aromatic heterocycles. The molecule has 0 radical (unpaired) electrons. The molecule has 152 valence electrons. The number of nitrogens with zero attached hydrogens (tertiary/aromatic N) is 3. The van der Waals surface area contributed by atoms with Crippen LogP contribution >= 0.6 is 0 Å². The Balaban J connectivity index is 1.44. The van der Waals surface area contributed by atoms with E-state index >= 15 is 0 Å². The van der Waals surface area contributed by atoms with Gasteiger partial charge in [0.15, 0.2) is 0 Å². The van der Waals surface area contributed by atoms with Crippen LogP contribution in [0.4, 0.5) is 11.4 Å². The molecule has 1 heterocycles. The SMILES string of the molecule is C[C@@H](C(=O)Nc1ccc([N+](=O)[O-])cc1)N1CCN(C/C=C/c2ccccc2)CC1. The highest BCUT2D eigenvalue weighted by Gasteiger charge is 2.25. The topological polar surface area (TPSA) is 78.7 Å². The predicted molar refractivity (Wildman–Crippen MR) is 115 cm³/mol. The number of benzene rings is 2. The molecule has 3 rings (SSSR count). The Morgan fingerprint density at radius 2 is 1.76 bits per heavy atom. The number of non-ortho nitro benzene ring substituents is 1. The van der Waals surface area contributed by atoms with Crippen molar-refractivity contribution in [2.24, 2.45) is 0 Å². The first kappa shape index (κ1) is 20.7. The second-order valence-electron chi connectivity index (χ2n) is 7.12. The van der Waals surface area contributed by atoms with Crippen LogP contribution in [0.15, 0.2) is 60.7 Å². The van der Waals surface area contributed by atoms with Gasteiger partial charge in [-0.1, -0.05) is 42.5 Å². The molecular weight excluding hydrogens is 368 g/mol. The lowest BCUT2D eigenvalue weighted by molar-refractivity contribution is -0.384. The van der Waals surface area contributed by atoms with Gasteiger partial charge in [-0.2, -0.15) is 0 Å². The Morgan fingerprint density at radius 3 is 2.38 bits per heavy atom. The molecule has 0 unspecified atom stereocenters. The van der Waals surface area contributed by atoms with Crippen LogP contribution in [0.3, 0.4) is 0 Å². The minimum absolute atomic E-state index is 0.00785. The van der Waals surface area contributed by atoms with Crippen LogP contribution in [0.25, 0.3) is 6.08 Å². The highest BCUT2D eigenvalue weighted by Crippen LogP contribution is 2.16. The molecule has 1 fully saturated rings. The number of amides is 1. The van der Waals surface area contributed by atoms with Crippen LogP contribution in [0.1, 0.15) is 12.5 Å². The molecule has 1 atom stereocenters. The van der Waals surface area contributed by atoms with Crippen LogP contribution < -0.4 is 5.32 Å². The van der Waals surface area contributed by atoms with Gasteiger partial charge in [-0.3, -0.25) is 24.7 Å². The maximum absolute atomic E-state index is 12.5. The van der Waals surface area contributed by atoms with E-state index in [1.54, 1.807) is 12.1 Å². The van der Waals surface area contributed by atoms with E-state index < -0.39 is 4.92 Å².